The molecule has 1 atom stereocenters. The van der Waals surface area contributed by atoms with E-state index in [1.165, 1.54) is 4.57 Å². The highest BCUT2D eigenvalue weighted by atomic mass is 35.5. The summed E-state index contributed by atoms with van der Waals surface area (Å²) in [6.07, 6.45) is 1.49. The molecular formula is C27H35ClFN5O6. The average Bonchev–Trinajstić information content (AvgIpc) is 3.70. The fourth-order valence-electron chi connectivity index (χ4n) is 5.31. The summed E-state index contributed by atoms with van der Waals surface area (Å²) in [4.78, 5) is 53.5. The lowest BCUT2D eigenvalue weighted by Gasteiger charge is -2.24. The lowest BCUT2D eigenvalue weighted by atomic mass is 10.0. The number of rotatable bonds is 4. The highest BCUT2D eigenvalue weighted by Gasteiger charge is 2.56. The van der Waals surface area contributed by atoms with Crippen LogP contribution in [-0.4, -0.2) is 51.8 Å². The van der Waals surface area contributed by atoms with Crippen LogP contribution in [0.1, 0.15) is 73.3 Å². The minimum absolute atomic E-state index is 0.0609. The zero-order valence-electron chi connectivity index (χ0n) is 23.5. The molecule has 3 aliphatic rings. The molecule has 2 saturated carbocycles. The van der Waals surface area contributed by atoms with Gasteiger partial charge in [0.25, 0.3) is 5.56 Å². The highest BCUT2D eigenvalue weighted by molar-refractivity contribution is 6.38. The molecule has 3 fully saturated rings. The smallest absolute Gasteiger partial charge is 0.427 e. The molecule has 2 aliphatic carbocycles. The van der Waals surface area contributed by atoms with Gasteiger partial charge in [-0.15, -0.1) is 0 Å². The Labute approximate surface area is 235 Å². The van der Waals surface area contributed by atoms with E-state index in [-0.39, 0.29) is 45.7 Å². The molecule has 2 amide bonds. The molecule has 0 radical (unpaired) electrons. The molecule has 40 heavy (non-hydrogen) atoms. The summed E-state index contributed by atoms with van der Waals surface area (Å²) in [5, 5.41) is 2.73. The van der Waals surface area contributed by atoms with Crippen LogP contribution in [0.4, 0.5) is 19.7 Å². The number of anilines is 1. The maximum atomic E-state index is 15.8. The van der Waals surface area contributed by atoms with Crippen molar-refractivity contribution in [3.8, 4) is 0 Å². The fourth-order valence-corrected chi connectivity index (χ4v) is 5.72. The minimum Gasteiger partial charge on any atom is -0.444 e. The quantitative estimate of drug-likeness (QED) is 0.554. The Hall–Kier alpha value is -3.28. The van der Waals surface area contributed by atoms with Gasteiger partial charge < -0.3 is 19.7 Å². The Morgan fingerprint density at radius 2 is 1.65 bits per heavy atom. The third-order valence-electron chi connectivity index (χ3n) is 7.30. The van der Waals surface area contributed by atoms with Crippen LogP contribution in [0.3, 0.4) is 0 Å². The van der Waals surface area contributed by atoms with Crippen LogP contribution >= 0.6 is 11.6 Å². The van der Waals surface area contributed by atoms with Gasteiger partial charge in [0.15, 0.2) is 0 Å². The van der Waals surface area contributed by atoms with Crippen LogP contribution < -0.4 is 26.9 Å². The first-order valence-electron chi connectivity index (χ1n) is 13.4. The molecule has 5 rings (SSSR count). The largest absolute Gasteiger partial charge is 0.444 e. The number of carbonyl (C=O) groups excluding carboxylic acids is 2. The molecule has 1 spiro atoms. The van der Waals surface area contributed by atoms with Gasteiger partial charge in [0.05, 0.1) is 27.7 Å². The number of hydrogen-bond acceptors (Lipinski definition) is 7. The second kappa shape index (κ2) is 9.39. The number of hydrogen-bond donors (Lipinski definition) is 2. The van der Waals surface area contributed by atoms with E-state index in [1.54, 1.807) is 46.4 Å². The number of benzene rings is 1. The van der Waals surface area contributed by atoms with Gasteiger partial charge in [-0.1, -0.05) is 11.6 Å². The van der Waals surface area contributed by atoms with Crippen LogP contribution in [0.2, 0.25) is 5.02 Å². The van der Waals surface area contributed by atoms with Gasteiger partial charge in [-0.05, 0) is 73.3 Å². The van der Waals surface area contributed by atoms with E-state index in [9.17, 15) is 19.2 Å². The first-order valence-corrected chi connectivity index (χ1v) is 13.8. The molecule has 2 N–H and O–H groups in total. The van der Waals surface area contributed by atoms with Crippen molar-refractivity contribution in [3.63, 3.8) is 0 Å². The van der Waals surface area contributed by atoms with E-state index in [2.05, 4.69) is 10.7 Å². The second-order valence-electron chi connectivity index (χ2n) is 13.0. The van der Waals surface area contributed by atoms with E-state index in [1.807, 2.05) is 0 Å². The van der Waals surface area contributed by atoms with Gasteiger partial charge >= 0.3 is 17.9 Å². The summed E-state index contributed by atoms with van der Waals surface area (Å²) in [5.41, 5.74) is -1.09. The van der Waals surface area contributed by atoms with E-state index in [0.717, 1.165) is 18.9 Å². The van der Waals surface area contributed by atoms with Crippen molar-refractivity contribution in [2.75, 3.05) is 23.4 Å². The fraction of sp³-hybridized carbons (Fsp3) is 0.630. The van der Waals surface area contributed by atoms with Crippen LogP contribution in [0.25, 0.3) is 10.9 Å². The summed E-state index contributed by atoms with van der Waals surface area (Å²) in [5.74, 6) is -0.742. The number of amides is 2. The predicted molar refractivity (Wildman–Crippen MR) is 148 cm³/mol. The van der Waals surface area contributed by atoms with Gasteiger partial charge in [-0.3, -0.25) is 9.36 Å². The zero-order valence-corrected chi connectivity index (χ0v) is 24.3. The van der Waals surface area contributed by atoms with Crippen molar-refractivity contribution in [1.29, 1.82) is 0 Å². The van der Waals surface area contributed by atoms with Gasteiger partial charge in [-0.25, -0.2) is 24.2 Å². The lowest BCUT2D eigenvalue weighted by Crippen LogP contribution is -2.48. The summed E-state index contributed by atoms with van der Waals surface area (Å²) in [7, 11) is 0. The lowest BCUT2D eigenvalue weighted by molar-refractivity contribution is 0.0492. The van der Waals surface area contributed by atoms with Crippen LogP contribution in [0.5, 0.6) is 0 Å². The Bertz CT molecular complexity index is 1510. The summed E-state index contributed by atoms with van der Waals surface area (Å²) < 4.78 is 28.3. The van der Waals surface area contributed by atoms with Crippen LogP contribution in [0, 0.1) is 11.2 Å². The number of carbonyl (C=O) groups is 2. The van der Waals surface area contributed by atoms with Crippen molar-refractivity contribution < 1.29 is 23.5 Å². The topological polar surface area (TPSA) is 124 Å². The van der Waals surface area contributed by atoms with Gasteiger partial charge in [-0.2, -0.15) is 4.68 Å². The molecule has 2 heterocycles. The number of nitrogens with one attached hydrogen (secondary N) is 2. The van der Waals surface area contributed by atoms with Crippen molar-refractivity contribution in [1.82, 2.24) is 14.6 Å². The van der Waals surface area contributed by atoms with E-state index in [4.69, 9.17) is 21.1 Å². The third kappa shape index (κ3) is 5.37. The van der Waals surface area contributed by atoms with Gasteiger partial charge in [0.2, 0.25) is 0 Å². The van der Waals surface area contributed by atoms with Crippen molar-refractivity contribution in [3.05, 3.63) is 37.7 Å². The molecule has 13 heteroatoms. The number of ether oxygens (including phenoxy) is 2. The zero-order chi connectivity index (χ0) is 29.4. The first kappa shape index (κ1) is 28.3. The molecular weight excluding hydrogens is 545 g/mol. The summed E-state index contributed by atoms with van der Waals surface area (Å²) >= 11 is 6.83. The van der Waals surface area contributed by atoms with Gasteiger partial charge in [0, 0.05) is 24.5 Å². The summed E-state index contributed by atoms with van der Waals surface area (Å²) in [6, 6.07) is 0.511. The predicted octanol–water partition coefficient (Wildman–Crippen LogP) is 4.26. The number of alkyl carbamates (subject to hydrolysis) is 1. The molecule has 1 saturated heterocycles. The number of aromatic nitrogens is 2. The minimum atomic E-state index is -0.994. The van der Waals surface area contributed by atoms with Crippen LogP contribution in [-0.2, 0) is 9.47 Å². The van der Waals surface area contributed by atoms with E-state index in [0.29, 0.717) is 24.1 Å². The first-order chi connectivity index (χ1) is 18.5. The van der Waals surface area contributed by atoms with E-state index < -0.39 is 40.5 Å². The Balaban J connectivity index is 1.54. The maximum Gasteiger partial charge on any atom is 0.427 e. The molecule has 1 aliphatic heterocycles. The van der Waals surface area contributed by atoms with Gasteiger partial charge in [0.1, 0.15) is 17.0 Å². The standard InChI is InChI=1S/C27H35ClFN5O6/c1-25(2,3)39-22(36)30-17-12-32(13-27(17)9-10-27)20-16(29)11-15-19(18(20)28)33(14-7-8-14)24(38)34(21(15)35)31-23(37)40-26(4,5)6/h11,14,17H,7-10,12-13H2,1-6H3,(H,30,36)(H,31,37). The molecule has 1 unspecified atom stereocenters. The molecule has 2 aromatic rings. The molecule has 1 aromatic heterocycles. The second-order valence-corrected chi connectivity index (χ2v) is 13.4. The molecule has 1 aromatic carbocycles. The Kier molecular flexibility index (Phi) is 6.63. The molecule has 11 nitrogen and oxygen atoms in total. The average molecular weight is 580 g/mol. The van der Waals surface area contributed by atoms with Crippen LogP contribution in [0.15, 0.2) is 15.7 Å². The number of nitrogens with zero attached hydrogens (tertiary/aromatic N) is 3. The Morgan fingerprint density at radius 3 is 2.20 bits per heavy atom. The van der Waals surface area contributed by atoms with E-state index >= 15 is 4.39 Å². The normalized spacial score (nSPS) is 20.1. The summed E-state index contributed by atoms with van der Waals surface area (Å²) in [6.45, 7) is 11.0. The van der Waals surface area contributed by atoms with Crippen molar-refractivity contribution >= 4 is 40.4 Å². The SMILES string of the molecule is CC(C)(C)OC(=O)NC1CN(c2c(F)cc3c(=O)n(NC(=O)OC(C)(C)C)c(=O)n(C4CC4)c3c2Cl)CC12CC2. The highest BCUT2D eigenvalue weighted by Crippen LogP contribution is 2.54. The van der Waals surface area contributed by atoms with Crippen molar-refractivity contribution in [2.24, 2.45) is 5.41 Å². The third-order valence-corrected chi connectivity index (χ3v) is 7.66. The van der Waals surface area contributed by atoms with Crippen molar-refractivity contribution in [2.45, 2.75) is 90.5 Å². The maximum absolute atomic E-state index is 15.8. The number of halogens is 2. The number of fused-ring (bicyclic) bond motifs is 1. The Morgan fingerprint density at radius 1 is 1.05 bits per heavy atom. The molecule has 218 valence electrons. The monoisotopic (exact) mass is 579 g/mol. The molecule has 0 bridgehead atoms.